The SMILES string of the molecule is O=C(NCC1CCOCC1)N1CCN(CCO)CC1. The van der Waals surface area contributed by atoms with Gasteiger partial charge in [0.25, 0.3) is 0 Å². The first-order chi connectivity index (χ1) is 9.29. The second-order valence-electron chi connectivity index (χ2n) is 5.29. The minimum Gasteiger partial charge on any atom is -0.395 e. The van der Waals surface area contributed by atoms with E-state index < -0.39 is 0 Å². The van der Waals surface area contributed by atoms with Crippen LogP contribution in [-0.2, 0) is 4.74 Å². The summed E-state index contributed by atoms with van der Waals surface area (Å²) in [6, 6.07) is 0.0511. The molecule has 2 fully saturated rings. The summed E-state index contributed by atoms with van der Waals surface area (Å²) in [5.41, 5.74) is 0. The van der Waals surface area contributed by atoms with E-state index in [9.17, 15) is 4.79 Å². The third kappa shape index (κ3) is 4.63. The van der Waals surface area contributed by atoms with Gasteiger partial charge in [-0.3, -0.25) is 4.90 Å². The number of carbonyl (C=O) groups excluding carboxylic acids is 1. The number of nitrogens with one attached hydrogen (secondary N) is 1. The average Bonchev–Trinajstić information content (AvgIpc) is 2.47. The molecule has 0 atom stereocenters. The number of nitrogens with zero attached hydrogens (tertiary/aromatic N) is 2. The van der Waals surface area contributed by atoms with Crippen LogP contribution in [0.1, 0.15) is 12.8 Å². The molecule has 0 saturated carbocycles. The van der Waals surface area contributed by atoms with Crippen molar-refractivity contribution in [3.8, 4) is 0 Å². The molecule has 2 N–H and O–H groups in total. The van der Waals surface area contributed by atoms with Gasteiger partial charge in [-0.2, -0.15) is 0 Å². The van der Waals surface area contributed by atoms with Crippen molar-refractivity contribution in [3.05, 3.63) is 0 Å². The zero-order chi connectivity index (χ0) is 13.5. The van der Waals surface area contributed by atoms with Gasteiger partial charge in [0.15, 0.2) is 0 Å². The molecule has 0 aromatic heterocycles. The van der Waals surface area contributed by atoms with Crippen molar-refractivity contribution < 1.29 is 14.6 Å². The summed E-state index contributed by atoms with van der Waals surface area (Å²) in [5.74, 6) is 0.563. The molecule has 0 bridgehead atoms. The highest BCUT2D eigenvalue weighted by Gasteiger charge is 2.21. The number of piperazine rings is 1. The lowest BCUT2D eigenvalue weighted by Gasteiger charge is -2.34. The summed E-state index contributed by atoms with van der Waals surface area (Å²) >= 11 is 0. The maximum atomic E-state index is 12.0. The highest BCUT2D eigenvalue weighted by atomic mass is 16.5. The first-order valence-corrected chi connectivity index (χ1v) is 7.23. The molecule has 2 aliphatic rings. The lowest BCUT2D eigenvalue weighted by Crippen LogP contribution is -2.52. The second-order valence-corrected chi connectivity index (χ2v) is 5.29. The summed E-state index contributed by atoms with van der Waals surface area (Å²) < 4.78 is 5.31. The number of carbonyl (C=O) groups is 1. The molecule has 0 aromatic rings. The van der Waals surface area contributed by atoms with Crippen LogP contribution < -0.4 is 5.32 Å². The third-order valence-electron chi connectivity index (χ3n) is 3.96. The van der Waals surface area contributed by atoms with Crippen LogP contribution in [0, 0.1) is 5.92 Å². The number of ether oxygens (including phenoxy) is 1. The summed E-state index contributed by atoms with van der Waals surface area (Å²) in [6.07, 6.45) is 2.09. The van der Waals surface area contributed by atoms with Crippen LogP contribution in [0.2, 0.25) is 0 Å². The van der Waals surface area contributed by atoms with E-state index in [2.05, 4.69) is 10.2 Å². The average molecular weight is 271 g/mol. The molecule has 110 valence electrons. The monoisotopic (exact) mass is 271 g/mol. The molecule has 2 heterocycles. The Bertz CT molecular complexity index is 274. The second kappa shape index (κ2) is 7.67. The van der Waals surface area contributed by atoms with Gasteiger partial charge in [0.1, 0.15) is 0 Å². The molecule has 2 aliphatic heterocycles. The van der Waals surface area contributed by atoms with Crippen molar-refractivity contribution in [1.82, 2.24) is 15.1 Å². The smallest absolute Gasteiger partial charge is 0.317 e. The van der Waals surface area contributed by atoms with Gasteiger partial charge in [-0.1, -0.05) is 0 Å². The van der Waals surface area contributed by atoms with Gasteiger partial charge in [-0.15, -0.1) is 0 Å². The maximum Gasteiger partial charge on any atom is 0.317 e. The third-order valence-corrected chi connectivity index (χ3v) is 3.96. The number of hydrogen-bond acceptors (Lipinski definition) is 4. The summed E-state index contributed by atoms with van der Waals surface area (Å²) in [5, 5.41) is 11.9. The number of aliphatic hydroxyl groups excluding tert-OH is 1. The minimum absolute atomic E-state index is 0.0511. The molecule has 2 rings (SSSR count). The number of β-amino-alcohol motifs (C(OH)–C–C–N with tert-alkyl or cyclic N) is 1. The molecule has 0 radical (unpaired) electrons. The number of amides is 2. The van der Waals surface area contributed by atoms with Crippen LogP contribution >= 0.6 is 0 Å². The molecule has 0 aromatic carbocycles. The Balaban J connectivity index is 1.63. The fourth-order valence-corrected chi connectivity index (χ4v) is 2.61. The number of rotatable bonds is 4. The zero-order valence-electron chi connectivity index (χ0n) is 11.5. The van der Waals surface area contributed by atoms with Crippen LogP contribution in [0.3, 0.4) is 0 Å². The molecule has 0 aliphatic carbocycles. The highest BCUT2D eigenvalue weighted by molar-refractivity contribution is 5.74. The van der Waals surface area contributed by atoms with E-state index in [4.69, 9.17) is 9.84 Å². The summed E-state index contributed by atoms with van der Waals surface area (Å²) in [4.78, 5) is 16.1. The predicted octanol–water partition coefficient (Wildman–Crippen LogP) is -0.267. The Morgan fingerprint density at radius 3 is 2.53 bits per heavy atom. The minimum atomic E-state index is 0.0511. The molecule has 0 unspecified atom stereocenters. The molecule has 2 amide bonds. The van der Waals surface area contributed by atoms with Crippen LogP contribution in [0.4, 0.5) is 4.79 Å². The summed E-state index contributed by atoms with van der Waals surface area (Å²) in [7, 11) is 0. The Hall–Kier alpha value is -0.850. The quantitative estimate of drug-likeness (QED) is 0.739. The van der Waals surface area contributed by atoms with Crippen molar-refractivity contribution in [2.24, 2.45) is 5.92 Å². The van der Waals surface area contributed by atoms with Gasteiger partial charge >= 0.3 is 6.03 Å². The Kier molecular flexibility index (Phi) is 5.88. The van der Waals surface area contributed by atoms with Crippen LogP contribution in [0.25, 0.3) is 0 Å². The van der Waals surface area contributed by atoms with Gasteiger partial charge in [-0.05, 0) is 18.8 Å². The van der Waals surface area contributed by atoms with E-state index in [0.29, 0.717) is 12.5 Å². The Morgan fingerprint density at radius 2 is 1.89 bits per heavy atom. The van der Waals surface area contributed by atoms with Gasteiger partial charge in [0.05, 0.1) is 6.61 Å². The predicted molar refractivity (Wildman–Crippen MR) is 72.0 cm³/mol. The van der Waals surface area contributed by atoms with E-state index >= 15 is 0 Å². The van der Waals surface area contributed by atoms with Crippen LogP contribution in [0.15, 0.2) is 0 Å². The van der Waals surface area contributed by atoms with Crippen molar-refractivity contribution in [2.45, 2.75) is 12.8 Å². The topological polar surface area (TPSA) is 65.0 Å². The van der Waals surface area contributed by atoms with E-state index in [1.54, 1.807) is 0 Å². The lowest BCUT2D eigenvalue weighted by atomic mass is 10.0. The van der Waals surface area contributed by atoms with Crippen molar-refractivity contribution in [2.75, 3.05) is 59.1 Å². The molecular formula is C13H25N3O3. The van der Waals surface area contributed by atoms with Crippen LogP contribution in [-0.4, -0.2) is 80.0 Å². The maximum absolute atomic E-state index is 12.0. The van der Waals surface area contributed by atoms with Crippen LogP contribution in [0.5, 0.6) is 0 Å². The van der Waals surface area contributed by atoms with Gasteiger partial charge < -0.3 is 20.1 Å². The van der Waals surface area contributed by atoms with Gasteiger partial charge in [0, 0.05) is 52.5 Å². The molecule has 6 nitrogen and oxygen atoms in total. The van der Waals surface area contributed by atoms with Gasteiger partial charge in [0.2, 0.25) is 0 Å². The molecule has 19 heavy (non-hydrogen) atoms. The largest absolute Gasteiger partial charge is 0.395 e. The van der Waals surface area contributed by atoms with Crippen molar-refractivity contribution in [3.63, 3.8) is 0 Å². The molecule has 0 spiro atoms. The Labute approximate surface area is 114 Å². The molecular weight excluding hydrogens is 246 g/mol. The first kappa shape index (κ1) is 14.6. The highest BCUT2D eigenvalue weighted by Crippen LogP contribution is 2.13. The van der Waals surface area contributed by atoms with Gasteiger partial charge in [-0.25, -0.2) is 4.79 Å². The van der Waals surface area contributed by atoms with E-state index in [-0.39, 0.29) is 12.6 Å². The summed E-state index contributed by atoms with van der Waals surface area (Å²) in [6.45, 7) is 6.50. The normalized spacial score (nSPS) is 22.5. The number of aliphatic hydroxyl groups is 1. The first-order valence-electron chi connectivity index (χ1n) is 7.23. The molecule has 6 heteroatoms. The van der Waals surface area contributed by atoms with E-state index in [1.165, 1.54) is 0 Å². The van der Waals surface area contributed by atoms with Crippen molar-refractivity contribution >= 4 is 6.03 Å². The number of urea groups is 1. The lowest BCUT2D eigenvalue weighted by molar-refractivity contribution is 0.0657. The zero-order valence-corrected chi connectivity index (χ0v) is 11.5. The fraction of sp³-hybridized carbons (Fsp3) is 0.923. The molecule has 2 saturated heterocycles. The van der Waals surface area contributed by atoms with E-state index in [1.807, 2.05) is 4.90 Å². The van der Waals surface area contributed by atoms with E-state index in [0.717, 1.165) is 58.8 Å². The van der Waals surface area contributed by atoms with Crippen molar-refractivity contribution in [1.29, 1.82) is 0 Å². The number of hydrogen-bond donors (Lipinski definition) is 2. The fourth-order valence-electron chi connectivity index (χ4n) is 2.61. The Morgan fingerprint density at radius 1 is 1.21 bits per heavy atom. The standard InChI is InChI=1S/C13H25N3O3/c17-8-7-15-3-5-16(6-4-15)13(18)14-11-12-1-9-19-10-2-12/h12,17H,1-11H2,(H,14,18).